The highest BCUT2D eigenvalue weighted by molar-refractivity contribution is 9.09. The number of hydrogen-bond acceptors (Lipinski definition) is 0. The number of halogens is 1. The molecule has 0 aliphatic heterocycles. The molecule has 0 radical (unpaired) electrons. The molecule has 64 valence electrons. The lowest BCUT2D eigenvalue weighted by Gasteiger charge is -1.97. The smallest absolute Gasteiger partial charge is 0.00625 e. The number of rotatable bonds is 3. The molecule has 0 N–H and O–H groups in total. The van der Waals surface area contributed by atoms with E-state index < -0.39 is 0 Å². The van der Waals surface area contributed by atoms with Crippen LogP contribution in [0.4, 0.5) is 0 Å². The van der Waals surface area contributed by atoms with Gasteiger partial charge in [-0.2, -0.15) is 0 Å². The van der Waals surface area contributed by atoms with E-state index in [-0.39, 0.29) is 0 Å². The molecule has 2 unspecified atom stereocenters. The molecule has 1 aliphatic rings. The van der Waals surface area contributed by atoms with Gasteiger partial charge in [-0.1, -0.05) is 46.3 Å². The van der Waals surface area contributed by atoms with Crippen LogP contribution in [0, 0.1) is 11.8 Å². The van der Waals surface area contributed by atoms with Crippen molar-refractivity contribution in [3.05, 3.63) is 35.9 Å². The monoisotopic (exact) mass is 224 g/mol. The van der Waals surface area contributed by atoms with Gasteiger partial charge >= 0.3 is 0 Å². The van der Waals surface area contributed by atoms with Crippen LogP contribution in [0.1, 0.15) is 12.0 Å². The fraction of sp³-hybridized carbons (Fsp3) is 0.455. The van der Waals surface area contributed by atoms with Crippen LogP contribution in [0.25, 0.3) is 0 Å². The first-order valence-corrected chi connectivity index (χ1v) is 5.62. The summed E-state index contributed by atoms with van der Waals surface area (Å²) in [7, 11) is 0. The van der Waals surface area contributed by atoms with Gasteiger partial charge in [-0.3, -0.25) is 0 Å². The molecule has 2 atom stereocenters. The van der Waals surface area contributed by atoms with Crippen molar-refractivity contribution in [1.82, 2.24) is 0 Å². The Morgan fingerprint density at radius 1 is 1.17 bits per heavy atom. The lowest BCUT2D eigenvalue weighted by atomic mass is 10.1. The molecule has 0 spiro atoms. The minimum absolute atomic E-state index is 0.949. The predicted molar refractivity (Wildman–Crippen MR) is 55.5 cm³/mol. The molecule has 1 fully saturated rings. The second-order valence-corrected chi connectivity index (χ2v) is 4.25. The summed E-state index contributed by atoms with van der Waals surface area (Å²) in [4.78, 5) is 0. The number of alkyl halides is 1. The molecule has 2 rings (SSSR count). The number of benzene rings is 1. The normalized spacial score (nSPS) is 27.1. The fourth-order valence-corrected chi connectivity index (χ4v) is 2.46. The van der Waals surface area contributed by atoms with Crippen LogP contribution in [0.3, 0.4) is 0 Å². The fourth-order valence-electron chi connectivity index (χ4n) is 1.67. The van der Waals surface area contributed by atoms with Crippen molar-refractivity contribution in [2.75, 3.05) is 5.33 Å². The van der Waals surface area contributed by atoms with Crippen molar-refractivity contribution in [2.45, 2.75) is 12.8 Å². The van der Waals surface area contributed by atoms with Crippen LogP contribution in [-0.2, 0) is 6.42 Å². The van der Waals surface area contributed by atoms with Crippen LogP contribution >= 0.6 is 15.9 Å². The van der Waals surface area contributed by atoms with Crippen molar-refractivity contribution < 1.29 is 0 Å². The summed E-state index contributed by atoms with van der Waals surface area (Å²) < 4.78 is 0. The summed E-state index contributed by atoms with van der Waals surface area (Å²) in [5, 5.41) is 1.19. The molecule has 0 saturated heterocycles. The molecule has 1 aromatic rings. The Hall–Kier alpha value is -0.300. The van der Waals surface area contributed by atoms with Crippen LogP contribution in [0.15, 0.2) is 30.3 Å². The van der Waals surface area contributed by atoms with Crippen molar-refractivity contribution in [2.24, 2.45) is 11.8 Å². The Morgan fingerprint density at radius 2 is 1.92 bits per heavy atom. The second-order valence-electron chi connectivity index (χ2n) is 3.60. The van der Waals surface area contributed by atoms with Gasteiger partial charge in [0.05, 0.1) is 0 Å². The van der Waals surface area contributed by atoms with Crippen LogP contribution in [-0.4, -0.2) is 5.33 Å². The standard InChI is InChI=1S/C11H13Br/c12-8-11-7-10(11)6-9-4-2-1-3-5-9/h1-5,10-11H,6-8H2. The Morgan fingerprint density at radius 3 is 2.50 bits per heavy atom. The third-order valence-electron chi connectivity index (χ3n) is 2.61. The van der Waals surface area contributed by atoms with Crippen LogP contribution in [0.2, 0.25) is 0 Å². The SMILES string of the molecule is BrCC1CC1Cc1ccccc1. The summed E-state index contributed by atoms with van der Waals surface area (Å²) >= 11 is 3.53. The maximum absolute atomic E-state index is 3.53. The topological polar surface area (TPSA) is 0 Å². The van der Waals surface area contributed by atoms with Gasteiger partial charge in [0.25, 0.3) is 0 Å². The largest absolute Gasteiger partial charge is 0.0925 e. The van der Waals surface area contributed by atoms with Crippen molar-refractivity contribution in [3.8, 4) is 0 Å². The molecule has 0 aromatic heterocycles. The van der Waals surface area contributed by atoms with Gasteiger partial charge in [0.2, 0.25) is 0 Å². The lowest BCUT2D eigenvalue weighted by molar-refractivity contribution is 0.756. The maximum Gasteiger partial charge on any atom is 0.00625 e. The Kier molecular flexibility index (Phi) is 2.50. The highest BCUT2D eigenvalue weighted by Crippen LogP contribution is 2.41. The zero-order valence-electron chi connectivity index (χ0n) is 7.04. The molecular weight excluding hydrogens is 212 g/mol. The molecule has 12 heavy (non-hydrogen) atoms. The van der Waals surface area contributed by atoms with E-state index in [1.165, 1.54) is 23.7 Å². The first kappa shape index (κ1) is 8.31. The van der Waals surface area contributed by atoms with E-state index in [0.29, 0.717) is 0 Å². The third kappa shape index (κ3) is 1.89. The van der Waals surface area contributed by atoms with E-state index in [9.17, 15) is 0 Å². The minimum atomic E-state index is 0.949. The molecule has 0 heterocycles. The van der Waals surface area contributed by atoms with E-state index in [2.05, 4.69) is 46.3 Å². The Labute approximate surface area is 82.1 Å². The highest BCUT2D eigenvalue weighted by Gasteiger charge is 2.35. The van der Waals surface area contributed by atoms with Gasteiger partial charge in [-0.25, -0.2) is 0 Å². The van der Waals surface area contributed by atoms with Gasteiger partial charge in [0.1, 0.15) is 0 Å². The maximum atomic E-state index is 3.53. The Bertz CT molecular complexity index is 242. The molecule has 0 nitrogen and oxygen atoms in total. The summed E-state index contributed by atoms with van der Waals surface area (Å²) in [6.45, 7) is 0. The molecule has 1 saturated carbocycles. The summed E-state index contributed by atoms with van der Waals surface area (Å²) in [6.07, 6.45) is 2.69. The van der Waals surface area contributed by atoms with E-state index in [4.69, 9.17) is 0 Å². The lowest BCUT2D eigenvalue weighted by Crippen LogP contribution is -1.89. The van der Waals surface area contributed by atoms with Gasteiger partial charge in [-0.05, 0) is 30.2 Å². The summed E-state index contributed by atoms with van der Waals surface area (Å²) in [6, 6.07) is 10.8. The average molecular weight is 225 g/mol. The average Bonchev–Trinajstić information content (AvgIpc) is 2.85. The van der Waals surface area contributed by atoms with Gasteiger partial charge in [0, 0.05) is 5.33 Å². The number of hydrogen-bond donors (Lipinski definition) is 0. The zero-order valence-corrected chi connectivity index (χ0v) is 8.63. The first-order chi connectivity index (χ1) is 5.90. The predicted octanol–water partition coefficient (Wildman–Crippen LogP) is 3.26. The Balaban J connectivity index is 1.89. The van der Waals surface area contributed by atoms with Crippen LogP contribution < -0.4 is 0 Å². The molecule has 0 amide bonds. The van der Waals surface area contributed by atoms with E-state index in [1.54, 1.807) is 0 Å². The third-order valence-corrected chi connectivity index (χ3v) is 3.44. The van der Waals surface area contributed by atoms with Crippen molar-refractivity contribution >= 4 is 15.9 Å². The minimum Gasteiger partial charge on any atom is -0.0925 e. The van der Waals surface area contributed by atoms with Gasteiger partial charge < -0.3 is 0 Å². The summed E-state index contributed by atoms with van der Waals surface area (Å²) in [5.74, 6) is 1.90. The van der Waals surface area contributed by atoms with Gasteiger partial charge in [-0.15, -0.1) is 0 Å². The molecule has 0 bridgehead atoms. The second kappa shape index (κ2) is 3.61. The van der Waals surface area contributed by atoms with Gasteiger partial charge in [0.15, 0.2) is 0 Å². The van der Waals surface area contributed by atoms with Crippen molar-refractivity contribution in [3.63, 3.8) is 0 Å². The van der Waals surface area contributed by atoms with E-state index in [0.717, 1.165) is 11.8 Å². The van der Waals surface area contributed by atoms with E-state index in [1.807, 2.05) is 0 Å². The van der Waals surface area contributed by atoms with Crippen molar-refractivity contribution in [1.29, 1.82) is 0 Å². The van der Waals surface area contributed by atoms with Crippen LogP contribution in [0.5, 0.6) is 0 Å². The quantitative estimate of drug-likeness (QED) is 0.692. The zero-order chi connectivity index (χ0) is 8.39. The molecule has 1 aromatic carbocycles. The van der Waals surface area contributed by atoms with E-state index >= 15 is 0 Å². The molecule has 1 heteroatoms. The molecular formula is C11H13Br. The molecule has 1 aliphatic carbocycles. The highest BCUT2D eigenvalue weighted by atomic mass is 79.9. The first-order valence-electron chi connectivity index (χ1n) is 4.50. The summed E-state index contributed by atoms with van der Waals surface area (Å²) in [5.41, 5.74) is 1.49.